The van der Waals surface area contributed by atoms with E-state index >= 15 is 0 Å². The van der Waals surface area contributed by atoms with E-state index in [1.165, 1.54) is 55.3 Å². The van der Waals surface area contributed by atoms with Gasteiger partial charge in [-0.2, -0.15) is 0 Å². The van der Waals surface area contributed by atoms with Gasteiger partial charge in [0.25, 0.3) is 0 Å². The highest BCUT2D eigenvalue weighted by molar-refractivity contribution is 6.20. The first kappa shape index (κ1) is 33.2. The van der Waals surface area contributed by atoms with Crippen molar-refractivity contribution in [3.63, 3.8) is 0 Å². The minimum absolute atomic E-state index is 0.119. The Morgan fingerprint density at radius 2 is 0.965 bits per heavy atom. The molecule has 2 heteroatoms. The van der Waals surface area contributed by atoms with Gasteiger partial charge in [-0.1, -0.05) is 178 Å². The molecule has 11 rings (SSSR count). The lowest BCUT2D eigenvalue weighted by atomic mass is 9.82. The van der Waals surface area contributed by atoms with Gasteiger partial charge >= 0.3 is 0 Å². The molecule has 0 bridgehead atoms. The van der Waals surface area contributed by atoms with Crippen LogP contribution in [0.2, 0.25) is 0 Å². The van der Waals surface area contributed by atoms with Gasteiger partial charge in [-0.3, -0.25) is 0 Å². The summed E-state index contributed by atoms with van der Waals surface area (Å²) in [5.74, 6) is 0. The SMILES string of the molecule is CC1(C)c2ccccc2-c2ccc(N(c3ccccc3)c3cccc4c3oc3c(-c5ccc(-c6ccc(-c7ccccc7)cc6)cc5)c5ccccc5cc34)cc21. The summed E-state index contributed by atoms with van der Waals surface area (Å²) in [5.41, 5.74) is 17.2. The van der Waals surface area contributed by atoms with Gasteiger partial charge in [-0.25, -0.2) is 0 Å². The summed E-state index contributed by atoms with van der Waals surface area (Å²) in [7, 11) is 0. The average molecular weight is 730 g/mol. The Bertz CT molecular complexity index is 3120. The third kappa shape index (κ3) is 5.33. The summed E-state index contributed by atoms with van der Waals surface area (Å²) in [6.45, 7) is 4.68. The fourth-order valence-electron chi connectivity index (χ4n) is 9.19. The van der Waals surface area contributed by atoms with Gasteiger partial charge < -0.3 is 9.32 Å². The second-order valence-electron chi connectivity index (χ2n) is 15.7. The molecule has 9 aromatic carbocycles. The lowest BCUT2D eigenvalue weighted by Crippen LogP contribution is -2.16. The molecule has 1 aliphatic carbocycles. The van der Waals surface area contributed by atoms with Crippen molar-refractivity contribution in [3.8, 4) is 44.5 Å². The number of furan rings is 1. The van der Waals surface area contributed by atoms with Crippen LogP contribution in [-0.2, 0) is 5.41 Å². The summed E-state index contributed by atoms with van der Waals surface area (Å²) in [6, 6.07) is 72.4. The van der Waals surface area contributed by atoms with Gasteiger partial charge in [0.15, 0.2) is 5.58 Å². The highest BCUT2D eigenvalue weighted by Crippen LogP contribution is 2.52. The first-order chi connectivity index (χ1) is 28.0. The van der Waals surface area contributed by atoms with Crippen LogP contribution in [0.5, 0.6) is 0 Å². The largest absolute Gasteiger partial charge is 0.453 e. The van der Waals surface area contributed by atoms with Crippen molar-refractivity contribution in [2.45, 2.75) is 19.3 Å². The van der Waals surface area contributed by atoms with Crippen molar-refractivity contribution in [1.82, 2.24) is 0 Å². The predicted octanol–water partition coefficient (Wildman–Crippen LogP) is 15.5. The fourth-order valence-corrected chi connectivity index (χ4v) is 9.19. The highest BCUT2D eigenvalue weighted by atomic mass is 16.3. The number of fused-ring (bicyclic) bond motifs is 7. The van der Waals surface area contributed by atoms with E-state index in [9.17, 15) is 0 Å². The van der Waals surface area contributed by atoms with Crippen molar-refractivity contribution in [2.75, 3.05) is 4.90 Å². The maximum absolute atomic E-state index is 7.21. The molecule has 1 aromatic heterocycles. The molecule has 0 saturated heterocycles. The molecule has 0 unspecified atom stereocenters. The monoisotopic (exact) mass is 729 g/mol. The predicted molar refractivity (Wildman–Crippen MR) is 240 cm³/mol. The van der Waals surface area contributed by atoms with Crippen LogP contribution in [0.25, 0.3) is 77.2 Å². The Labute approximate surface area is 332 Å². The van der Waals surface area contributed by atoms with Crippen LogP contribution in [0, 0.1) is 0 Å². The topological polar surface area (TPSA) is 16.4 Å². The van der Waals surface area contributed by atoms with E-state index in [1.807, 2.05) is 0 Å². The molecule has 0 saturated carbocycles. The van der Waals surface area contributed by atoms with E-state index in [0.29, 0.717) is 0 Å². The summed E-state index contributed by atoms with van der Waals surface area (Å²) in [4.78, 5) is 2.36. The minimum Gasteiger partial charge on any atom is -0.453 e. The van der Waals surface area contributed by atoms with Gasteiger partial charge in [-0.15, -0.1) is 0 Å². The van der Waals surface area contributed by atoms with Crippen LogP contribution in [0.1, 0.15) is 25.0 Å². The fraction of sp³-hybridized carbons (Fsp3) is 0.0545. The molecule has 0 spiro atoms. The molecule has 0 aliphatic heterocycles. The Morgan fingerprint density at radius 1 is 0.386 bits per heavy atom. The quantitative estimate of drug-likeness (QED) is 0.169. The van der Waals surface area contributed by atoms with Crippen molar-refractivity contribution in [2.24, 2.45) is 0 Å². The summed E-state index contributed by atoms with van der Waals surface area (Å²) in [6.07, 6.45) is 0. The number of hydrogen-bond donors (Lipinski definition) is 0. The van der Waals surface area contributed by atoms with Gasteiger partial charge in [0.2, 0.25) is 0 Å². The number of rotatable bonds is 6. The molecule has 1 heterocycles. The van der Waals surface area contributed by atoms with Crippen LogP contribution in [-0.4, -0.2) is 0 Å². The molecule has 1 aliphatic rings. The maximum atomic E-state index is 7.21. The maximum Gasteiger partial charge on any atom is 0.159 e. The average Bonchev–Trinajstić information content (AvgIpc) is 3.75. The number of nitrogens with zero attached hydrogens (tertiary/aromatic N) is 1. The Balaban J connectivity index is 1.07. The normalized spacial score (nSPS) is 12.9. The first-order valence-electron chi connectivity index (χ1n) is 19.8. The minimum atomic E-state index is -0.119. The molecule has 0 fully saturated rings. The standard InChI is InChI=1S/C55H39NO/c1-55(2)49-22-12-11-20-45(49)46-33-32-43(35-50(46)55)56(42-17-7-4-8-18-42)51-23-13-21-47-48-34-41-16-9-10-19-44(41)52(54(48)57-53(47)51)40-30-28-39(29-31-40)38-26-24-37(25-27-38)36-14-5-3-6-15-36/h3-35H,1-2H3. The van der Waals surface area contributed by atoms with Crippen LogP contribution in [0.15, 0.2) is 205 Å². The van der Waals surface area contributed by atoms with E-state index in [1.54, 1.807) is 0 Å². The second-order valence-corrected chi connectivity index (χ2v) is 15.7. The Morgan fingerprint density at radius 3 is 1.70 bits per heavy atom. The molecule has 0 N–H and O–H groups in total. The van der Waals surface area contributed by atoms with E-state index < -0.39 is 0 Å². The first-order valence-corrected chi connectivity index (χ1v) is 19.8. The molecule has 0 amide bonds. The van der Waals surface area contributed by atoms with Crippen LogP contribution >= 0.6 is 0 Å². The summed E-state index contributed by atoms with van der Waals surface area (Å²) in [5, 5.41) is 4.57. The molecular formula is C55H39NO. The second kappa shape index (κ2) is 13.0. The third-order valence-corrected chi connectivity index (χ3v) is 12.1. The van der Waals surface area contributed by atoms with Crippen molar-refractivity contribution >= 4 is 49.8 Å². The van der Waals surface area contributed by atoms with Crippen molar-refractivity contribution < 1.29 is 4.42 Å². The smallest absolute Gasteiger partial charge is 0.159 e. The van der Waals surface area contributed by atoms with E-state index in [2.05, 4.69) is 219 Å². The van der Waals surface area contributed by atoms with Gasteiger partial charge in [-0.05, 0) is 97.2 Å². The zero-order chi connectivity index (χ0) is 38.1. The lowest BCUT2D eigenvalue weighted by Gasteiger charge is -2.28. The van der Waals surface area contributed by atoms with E-state index in [4.69, 9.17) is 4.42 Å². The molecular weight excluding hydrogens is 691 g/mol. The van der Waals surface area contributed by atoms with Crippen LogP contribution in [0.3, 0.4) is 0 Å². The van der Waals surface area contributed by atoms with Crippen molar-refractivity contribution in [1.29, 1.82) is 0 Å². The molecule has 270 valence electrons. The molecule has 0 radical (unpaired) electrons. The Kier molecular flexibility index (Phi) is 7.55. The van der Waals surface area contributed by atoms with Gasteiger partial charge in [0.1, 0.15) is 5.58 Å². The lowest BCUT2D eigenvalue weighted by molar-refractivity contribution is 0.660. The van der Waals surface area contributed by atoms with Crippen LogP contribution < -0.4 is 4.90 Å². The molecule has 0 atom stereocenters. The molecule has 57 heavy (non-hydrogen) atoms. The van der Waals surface area contributed by atoms with Crippen molar-refractivity contribution in [3.05, 3.63) is 211 Å². The Hall–Kier alpha value is -7.16. The van der Waals surface area contributed by atoms with E-state index in [-0.39, 0.29) is 5.41 Å². The third-order valence-electron chi connectivity index (χ3n) is 12.1. The number of hydrogen-bond acceptors (Lipinski definition) is 2. The zero-order valence-electron chi connectivity index (χ0n) is 31.9. The van der Waals surface area contributed by atoms with E-state index in [0.717, 1.165) is 50.1 Å². The number of para-hydroxylation sites is 2. The van der Waals surface area contributed by atoms with Crippen LogP contribution in [0.4, 0.5) is 17.1 Å². The molecule has 10 aromatic rings. The zero-order valence-corrected chi connectivity index (χ0v) is 31.9. The number of anilines is 3. The summed E-state index contributed by atoms with van der Waals surface area (Å²) >= 11 is 0. The molecule has 2 nitrogen and oxygen atoms in total. The highest BCUT2D eigenvalue weighted by Gasteiger charge is 2.36. The number of benzene rings is 9. The summed E-state index contributed by atoms with van der Waals surface area (Å²) < 4.78 is 7.21. The van der Waals surface area contributed by atoms with Gasteiger partial charge in [0, 0.05) is 33.1 Å². The van der Waals surface area contributed by atoms with Gasteiger partial charge in [0.05, 0.1) is 5.69 Å².